The van der Waals surface area contributed by atoms with Gasteiger partial charge in [-0.2, -0.15) is 9.97 Å². The van der Waals surface area contributed by atoms with Gasteiger partial charge in [0.2, 0.25) is 5.95 Å². The molecule has 9 nitrogen and oxygen atoms in total. The molecular weight excluding hydrogens is 358 g/mol. The number of benzene rings is 1. The molecule has 0 unspecified atom stereocenters. The van der Waals surface area contributed by atoms with E-state index in [9.17, 15) is 5.11 Å². The summed E-state index contributed by atoms with van der Waals surface area (Å²) in [7, 11) is 1.86. The van der Waals surface area contributed by atoms with Crippen molar-refractivity contribution in [3.63, 3.8) is 0 Å². The van der Waals surface area contributed by atoms with Crippen LogP contribution < -0.4 is 4.90 Å². The summed E-state index contributed by atoms with van der Waals surface area (Å²) < 4.78 is 9.28. The van der Waals surface area contributed by atoms with Gasteiger partial charge in [-0.3, -0.25) is 4.57 Å². The number of rotatable bonds is 3. The monoisotopic (exact) mass is 379 g/mol. The Hall–Kier alpha value is -3.04. The van der Waals surface area contributed by atoms with E-state index < -0.39 is 0 Å². The Bertz CT molecular complexity index is 1170. The number of ether oxygens (including phenoxy) is 1. The summed E-state index contributed by atoms with van der Waals surface area (Å²) in [6.45, 7) is 4.56. The number of aromatic nitrogens is 6. The third kappa shape index (κ3) is 2.54. The van der Waals surface area contributed by atoms with Gasteiger partial charge in [0, 0.05) is 20.1 Å². The number of aryl methyl sites for hydroxylation is 2. The van der Waals surface area contributed by atoms with Crippen LogP contribution in [0.5, 0.6) is 0 Å². The first-order valence-corrected chi connectivity index (χ1v) is 9.28. The van der Waals surface area contributed by atoms with Gasteiger partial charge in [0.25, 0.3) is 0 Å². The molecule has 0 amide bonds. The molecule has 4 heterocycles. The maximum Gasteiger partial charge on any atom is 0.239 e. The summed E-state index contributed by atoms with van der Waals surface area (Å²) in [6.07, 6.45) is 0. The number of hydrogen-bond acceptors (Lipinski definition) is 7. The molecule has 1 fully saturated rings. The highest BCUT2D eigenvalue weighted by molar-refractivity contribution is 5.86. The SMILES string of the molecule is Cc1nc2ccccc2n1-c1nc(N2CCOCC2)c2nc(CO)n(C)c2n1. The Labute approximate surface area is 161 Å². The predicted octanol–water partition coefficient (Wildman–Crippen LogP) is 1.34. The van der Waals surface area contributed by atoms with E-state index in [2.05, 4.69) is 14.9 Å². The van der Waals surface area contributed by atoms with Crippen molar-refractivity contribution >= 4 is 28.0 Å². The van der Waals surface area contributed by atoms with Gasteiger partial charge in [0.15, 0.2) is 17.0 Å². The zero-order chi connectivity index (χ0) is 19.3. The fraction of sp³-hybridized carbons (Fsp3) is 0.368. The van der Waals surface area contributed by atoms with Gasteiger partial charge < -0.3 is 19.3 Å². The molecule has 0 aliphatic carbocycles. The van der Waals surface area contributed by atoms with Gasteiger partial charge >= 0.3 is 0 Å². The van der Waals surface area contributed by atoms with E-state index in [0.717, 1.165) is 35.8 Å². The molecule has 3 aromatic heterocycles. The van der Waals surface area contributed by atoms with Crippen LogP contribution in [0.2, 0.25) is 0 Å². The highest BCUT2D eigenvalue weighted by Gasteiger charge is 2.23. The number of imidazole rings is 2. The van der Waals surface area contributed by atoms with E-state index >= 15 is 0 Å². The van der Waals surface area contributed by atoms with Crippen molar-refractivity contribution in [2.45, 2.75) is 13.5 Å². The molecule has 144 valence electrons. The molecule has 9 heteroatoms. The van der Waals surface area contributed by atoms with E-state index in [4.69, 9.17) is 14.7 Å². The van der Waals surface area contributed by atoms with Crippen LogP contribution >= 0.6 is 0 Å². The molecule has 0 atom stereocenters. The van der Waals surface area contributed by atoms with Crippen LogP contribution in [0.1, 0.15) is 11.6 Å². The Balaban J connectivity index is 1.79. The minimum atomic E-state index is -0.155. The lowest BCUT2D eigenvalue weighted by Crippen LogP contribution is -2.37. The molecule has 0 spiro atoms. The van der Waals surface area contributed by atoms with Gasteiger partial charge in [-0.15, -0.1) is 0 Å². The van der Waals surface area contributed by atoms with Crippen molar-refractivity contribution in [3.05, 3.63) is 35.9 Å². The second-order valence-electron chi connectivity index (χ2n) is 6.85. The summed E-state index contributed by atoms with van der Waals surface area (Å²) in [5.41, 5.74) is 3.24. The number of fused-ring (bicyclic) bond motifs is 2. The lowest BCUT2D eigenvalue weighted by atomic mass is 10.3. The Morgan fingerprint density at radius 2 is 1.86 bits per heavy atom. The van der Waals surface area contributed by atoms with Crippen molar-refractivity contribution in [2.75, 3.05) is 31.2 Å². The van der Waals surface area contributed by atoms with Crippen molar-refractivity contribution in [3.8, 4) is 5.95 Å². The van der Waals surface area contributed by atoms with Crippen molar-refractivity contribution in [1.29, 1.82) is 0 Å². The number of anilines is 1. The van der Waals surface area contributed by atoms with Gasteiger partial charge in [-0.05, 0) is 19.1 Å². The molecule has 0 radical (unpaired) electrons. The number of nitrogens with zero attached hydrogens (tertiary/aromatic N) is 7. The van der Waals surface area contributed by atoms with Crippen LogP contribution in [0.3, 0.4) is 0 Å². The van der Waals surface area contributed by atoms with Crippen LogP contribution in [0.4, 0.5) is 5.82 Å². The standard InChI is InChI=1S/C19H21N7O2/c1-12-20-13-5-3-4-6-14(13)26(12)19-22-17-16(21-15(11-27)24(17)2)18(23-19)25-7-9-28-10-8-25/h3-6,27H,7-11H2,1-2H3. The lowest BCUT2D eigenvalue weighted by Gasteiger charge is -2.28. The first-order valence-electron chi connectivity index (χ1n) is 9.28. The molecule has 1 aliphatic heterocycles. The van der Waals surface area contributed by atoms with Crippen LogP contribution in [0.15, 0.2) is 24.3 Å². The Kier molecular flexibility index (Phi) is 3.99. The van der Waals surface area contributed by atoms with Crippen molar-refractivity contribution in [1.82, 2.24) is 29.1 Å². The second kappa shape index (κ2) is 6.54. The van der Waals surface area contributed by atoms with Gasteiger partial charge in [-0.25, -0.2) is 9.97 Å². The van der Waals surface area contributed by atoms with E-state index in [1.165, 1.54) is 0 Å². The summed E-state index contributed by atoms with van der Waals surface area (Å²) in [5.74, 6) is 2.68. The minimum absolute atomic E-state index is 0.155. The summed E-state index contributed by atoms with van der Waals surface area (Å²) in [6, 6.07) is 7.94. The molecule has 5 rings (SSSR count). The third-order valence-corrected chi connectivity index (χ3v) is 5.16. The smallest absolute Gasteiger partial charge is 0.239 e. The molecule has 0 saturated carbocycles. The fourth-order valence-electron chi connectivity index (χ4n) is 3.72. The van der Waals surface area contributed by atoms with Crippen LogP contribution in [0.25, 0.3) is 28.1 Å². The minimum Gasteiger partial charge on any atom is -0.388 e. The quantitative estimate of drug-likeness (QED) is 0.574. The van der Waals surface area contributed by atoms with Crippen LogP contribution in [-0.2, 0) is 18.4 Å². The number of aliphatic hydroxyl groups excluding tert-OH is 1. The topological polar surface area (TPSA) is 94.1 Å². The normalized spacial score (nSPS) is 15.0. The first kappa shape index (κ1) is 17.1. The number of aliphatic hydroxyl groups is 1. The van der Waals surface area contributed by atoms with E-state index in [-0.39, 0.29) is 6.61 Å². The predicted molar refractivity (Wildman–Crippen MR) is 105 cm³/mol. The molecule has 1 aromatic carbocycles. The number of hydrogen-bond donors (Lipinski definition) is 1. The molecule has 28 heavy (non-hydrogen) atoms. The molecule has 1 aliphatic rings. The second-order valence-corrected chi connectivity index (χ2v) is 6.85. The summed E-state index contributed by atoms with van der Waals surface area (Å²) >= 11 is 0. The van der Waals surface area contributed by atoms with Crippen LogP contribution in [-0.4, -0.2) is 60.5 Å². The zero-order valence-electron chi connectivity index (χ0n) is 15.8. The number of para-hydroxylation sites is 2. The molecule has 4 aromatic rings. The van der Waals surface area contributed by atoms with Crippen LogP contribution in [0, 0.1) is 6.92 Å². The molecule has 1 saturated heterocycles. The summed E-state index contributed by atoms with van der Waals surface area (Å²) in [5, 5.41) is 9.68. The van der Waals surface area contributed by atoms with Crippen molar-refractivity contribution in [2.24, 2.45) is 7.05 Å². The maximum absolute atomic E-state index is 9.68. The van der Waals surface area contributed by atoms with E-state index in [1.54, 1.807) is 0 Å². The highest BCUT2D eigenvalue weighted by Crippen LogP contribution is 2.28. The average molecular weight is 379 g/mol. The van der Waals surface area contributed by atoms with Crippen molar-refractivity contribution < 1.29 is 9.84 Å². The zero-order valence-corrected chi connectivity index (χ0v) is 15.8. The molecule has 0 bridgehead atoms. The Morgan fingerprint density at radius 3 is 2.64 bits per heavy atom. The largest absolute Gasteiger partial charge is 0.388 e. The highest BCUT2D eigenvalue weighted by atomic mass is 16.5. The third-order valence-electron chi connectivity index (χ3n) is 5.16. The summed E-state index contributed by atoms with van der Waals surface area (Å²) in [4.78, 5) is 21.1. The van der Waals surface area contributed by atoms with Gasteiger partial charge in [-0.1, -0.05) is 12.1 Å². The average Bonchev–Trinajstić information content (AvgIpc) is 3.24. The lowest BCUT2D eigenvalue weighted by molar-refractivity contribution is 0.122. The fourth-order valence-corrected chi connectivity index (χ4v) is 3.72. The Morgan fingerprint density at radius 1 is 1.07 bits per heavy atom. The molecular formula is C19H21N7O2. The van der Waals surface area contributed by atoms with E-state index in [1.807, 2.05) is 47.4 Å². The van der Waals surface area contributed by atoms with E-state index in [0.29, 0.717) is 36.2 Å². The van der Waals surface area contributed by atoms with Gasteiger partial charge in [0.05, 0.1) is 24.2 Å². The first-order chi connectivity index (χ1) is 13.7. The maximum atomic E-state index is 9.68. The molecule has 1 N–H and O–H groups in total. The number of morpholine rings is 1. The van der Waals surface area contributed by atoms with Gasteiger partial charge in [0.1, 0.15) is 18.3 Å².